The maximum absolute atomic E-state index is 6.07. The summed E-state index contributed by atoms with van der Waals surface area (Å²) in [5, 5.41) is 4.31. The minimum absolute atomic E-state index is 0.633. The lowest BCUT2D eigenvalue weighted by molar-refractivity contribution is 0.150. The molecular formula is C19H25N3O. The third kappa shape index (κ3) is 4.02. The van der Waals surface area contributed by atoms with Crippen LogP contribution in [0.3, 0.4) is 0 Å². The van der Waals surface area contributed by atoms with Gasteiger partial charge in [-0.3, -0.25) is 5.43 Å². The summed E-state index contributed by atoms with van der Waals surface area (Å²) in [4.78, 5) is 2.39. The summed E-state index contributed by atoms with van der Waals surface area (Å²) in [6.07, 6.45) is 6.44. The van der Waals surface area contributed by atoms with Gasteiger partial charge in [-0.05, 0) is 69.3 Å². The number of rotatable bonds is 4. The standard InChI is InChI=1S/C19H25N3O/c1-14-11-17(18-8-6-15(2)20-21-18)7-9-19(14)23-13-16-5-4-10-22(3)12-16/h6-9,11,16,20H,2,4-5,10,12-13H2,1,3H3. The summed E-state index contributed by atoms with van der Waals surface area (Å²) in [6.45, 7) is 9.05. The van der Waals surface area contributed by atoms with E-state index < -0.39 is 0 Å². The Kier molecular flexibility index (Phi) is 4.82. The molecular weight excluding hydrogens is 286 g/mol. The van der Waals surface area contributed by atoms with Crippen LogP contribution in [-0.2, 0) is 0 Å². The molecule has 0 radical (unpaired) electrons. The molecule has 1 saturated heterocycles. The van der Waals surface area contributed by atoms with Crippen molar-refractivity contribution in [2.24, 2.45) is 11.0 Å². The molecule has 4 nitrogen and oxygen atoms in total. The van der Waals surface area contributed by atoms with E-state index in [0.29, 0.717) is 5.92 Å². The van der Waals surface area contributed by atoms with E-state index in [4.69, 9.17) is 4.74 Å². The largest absolute Gasteiger partial charge is 0.493 e. The lowest BCUT2D eigenvalue weighted by Gasteiger charge is -2.29. The zero-order valence-electron chi connectivity index (χ0n) is 14.0. The van der Waals surface area contributed by atoms with Gasteiger partial charge >= 0.3 is 0 Å². The minimum Gasteiger partial charge on any atom is -0.493 e. The first-order valence-corrected chi connectivity index (χ1v) is 8.25. The first kappa shape index (κ1) is 15.8. The number of hydrogen-bond donors (Lipinski definition) is 1. The van der Waals surface area contributed by atoms with Gasteiger partial charge in [0.15, 0.2) is 0 Å². The van der Waals surface area contributed by atoms with Crippen LogP contribution in [0, 0.1) is 12.8 Å². The van der Waals surface area contributed by atoms with Gasteiger partial charge < -0.3 is 9.64 Å². The van der Waals surface area contributed by atoms with Crippen molar-refractivity contribution in [1.29, 1.82) is 0 Å². The van der Waals surface area contributed by atoms with Crippen molar-refractivity contribution in [3.8, 4) is 5.75 Å². The number of hydrazone groups is 1. The molecule has 1 aromatic carbocycles. The van der Waals surface area contributed by atoms with Crippen LogP contribution in [0.25, 0.3) is 0 Å². The zero-order valence-corrected chi connectivity index (χ0v) is 14.0. The summed E-state index contributed by atoms with van der Waals surface area (Å²) in [6, 6.07) is 6.24. The van der Waals surface area contributed by atoms with Crippen LogP contribution in [0.4, 0.5) is 0 Å². The Morgan fingerprint density at radius 2 is 2.26 bits per heavy atom. The summed E-state index contributed by atoms with van der Waals surface area (Å²) in [5.74, 6) is 1.61. The first-order valence-electron chi connectivity index (χ1n) is 8.25. The fourth-order valence-electron chi connectivity index (χ4n) is 3.13. The van der Waals surface area contributed by atoms with Crippen LogP contribution in [-0.4, -0.2) is 37.4 Å². The number of benzene rings is 1. The van der Waals surface area contributed by atoms with Gasteiger partial charge in [0.25, 0.3) is 0 Å². The zero-order chi connectivity index (χ0) is 16.2. The molecule has 23 heavy (non-hydrogen) atoms. The molecule has 0 aromatic heterocycles. The molecule has 0 aliphatic carbocycles. The number of aryl methyl sites for hydroxylation is 1. The normalized spacial score (nSPS) is 21.7. The van der Waals surface area contributed by atoms with E-state index in [9.17, 15) is 0 Å². The Morgan fingerprint density at radius 3 is 2.96 bits per heavy atom. The SMILES string of the molecule is C=C1C=CC(c2ccc(OCC3CCCN(C)C3)c(C)c2)=NN1. The van der Waals surface area contributed by atoms with E-state index >= 15 is 0 Å². The Balaban J connectivity index is 1.63. The third-order valence-corrected chi connectivity index (χ3v) is 4.43. The highest BCUT2D eigenvalue weighted by Gasteiger charge is 2.18. The molecule has 0 saturated carbocycles. The molecule has 0 amide bonds. The maximum Gasteiger partial charge on any atom is 0.122 e. The fraction of sp³-hybridized carbons (Fsp3) is 0.421. The molecule has 1 N–H and O–H groups in total. The quantitative estimate of drug-likeness (QED) is 0.928. The summed E-state index contributed by atoms with van der Waals surface area (Å²) >= 11 is 0. The molecule has 2 aliphatic heterocycles. The van der Waals surface area contributed by atoms with Gasteiger partial charge in [-0.2, -0.15) is 5.10 Å². The van der Waals surface area contributed by atoms with Crippen molar-refractivity contribution in [3.05, 3.63) is 53.8 Å². The number of hydrogen-bond acceptors (Lipinski definition) is 4. The van der Waals surface area contributed by atoms with Crippen molar-refractivity contribution < 1.29 is 4.74 Å². The van der Waals surface area contributed by atoms with Gasteiger partial charge in [-0.15, -0.1) is 0 Å². The van der Waals surface area contributed by atoms with Gasteiger partial charge in [0.2, 0.25) is 0 Å². The first-order chi connectivity index (χ1) is 11.1. The number of nitrogens with one attached hydrogen (secondary N) is 1. The average molecular weight is 311 g/mol. The van der Waals surface area contributed by atoms with E-state index in [0.717, 1.165) is 41.4 Å². The van der Waals surface area contributed by atoms with E-state index in [1.165, 1.54) is 19.4 Å². The lowest BCUT2D eigenvalue weighted by atomic mass is 9.99. The lowest BCUT2D eigenvalue weighted by Crippen LogP contribution is -2.34. The predicted molar refractivity (Wildman–Crippen MR) is 94.8 cm³/mol. The summed E-state index contributed by atoms with van der Waals surface area (Å²) in [5.41, 5.74) is 6.87. The highest BCUT2D eigenvalue weighted by atomic mass is 16.5. The molecule has 2 aliphatic rings. The van der Waals surface area contributed by atoms with Crippen molar-refractivity contribution in [2.45, 2.75) is 19.8 Å². The summed E-state index contributed by atoms with van der Waals surface area (Å²) < 4.78 is 6.07. The average Bonchev–Trinajstić information content (AvgIpc) is 2.54. The van der Waals surface area contributed by atoms with Crippen LogP contribution in [0.1, 0.15) is 24.0 Å². The molecule has 1 aromatic rings. The smallest absolute Gasteiger partial charge is 0.122 e. The second-order valence-electron chi connectivity index (χ2n) is 6.53. The van der Waals surface area contributed by atoms with Gasteiger partial charge in [0, 0.05) is 23.7 Å². The van der Waals surface area contributed by atoms with E-state index in [-0.39, 0.29) is 0 Å². The highest BCUT2D eigenvalue weighted by molar-refractivity contribution is 6.09. The molecule has 1 unspecified atom stereocenters. The molecule has 1 fully saturated rings. The van der Waals surface area contributed by atoms with Crippen LogP contribution in [0.15, 0.2) is 47.7 Å². The van der Waals surface area contributed by atoms with Crippen molar-refractivity contribution >= 4 is 5.71 Å². The Hall–Kier alpha value is -2.07. The number of likely N-dealkylation sites (tertiary alicyclic amines) is 1. The van der Waals surface area contributed by atoms with Crippen molar-refractivity contribution in [1.82, 2.24) is 10.3 Å². The predicted octanol–water partition coefficient (Wildman–Crippen LogP) is 3.09. The van der Waals surface area contributed by atoms with Gasteiger partial charge in [0.1, 0.15) is 5.75 Å². The highest BCUT2D eigenvalue weighted by Crippen LogP contribution is 2.23. The monoisotopic (exact) mass is 311 g/mol. The van der Waals surface area contributed by atoms with Crippen LogP contribution in [0.5, 0.6) is 5.75 Å². The molecule has 0 bridgehead atoms. The van der Waals surface area contributed by atoms with Crippen LogP contribution >= 0.6 is 0 Å². The molecule has 122 valence electrons. The fourth-order valence-corrected chi connectivity index (χ4v) is 3.13. The molecule has 0 spiro atoms. The molecule has 1 atom stereocenters. The minimum atomic E-state index is 0.633. The Morgan fingerprint density at radius 1 is 1.39 bits per heavy atom. The number of allylic oxidation sites excluding steroid dienone is 2. The maximum atomic E-state index is 6.07. The topological polar surface area (TPSA) is 36.9 Å². The van der Waals surface area contributed by atoms with Crippen LogP contribution < -0.4 is 10.2 Å². The van der Waals surface area contributed by atoms with Gasteiger partial charge in [-0.1, -0.05) is 6.58 Å². The van der Waals surface area contributed by atoms with E-state index in [1.54, 1.807) is 0 Å². The van der Waals surface area contributed by atoms with Gasteiger partial charge in [-0.25, -0.2) is 0 Å². The molecule has 2 heterocycles. The molecule has 3 rings (SSSR count). The Labute approximate surface area is 138 Å². The Bertz CT molecular complexity index is 648. The van der Waals surface area contributed by atoms with E-state index in [2.05, 4.69) is 54.2 Å². The third-order valence-electron chi connectivity index (χ3n) is 4.43. The van der Waals surface area contributed by atoms with E-state index in [1.807, 2.05) is 12.2 Å². The number of ether oxygens (including phenoxy) is 1. The number of piperidine rings is 1. The van der Waals surface area contributed by atoms with Crippen molar-refractivity contribution in [2.75, 3.05) is 26.7 Å². The van der Waals surface area contributed by atoms with Crippen molar-refractivity contribution in [3.63, 3.8) is 0 Å². The number of nitrogens with zero attached hydrogens (tertiary/aromatic N) is 2. The second kappa shape index (κ2) is 7.01. The second-order valence-corrected chi connectivity index (χ2v) is 6.53. The van der Waals surface area contributed by atoms with Gasteiger partial charge in [0.05, 0.1) is 12.3 Å². The van der Waals surface area contributed by atoms with Crippen LogP contribution in [0.2, 0.25) is 0 Å². The molecule has 4 heteroatoms. The summed E-state index contributed by atoms with van der Waals surface area (Å²) in [7, 11) is 2.19.